The van der Waals surface area contributed by atoms with Crippen molar-refractivity contribution in [1.82, 2.24) is 9.78 Å². The number of nitrogens with two attached hydrogens (primary N) is 1. The highest BCUT2D eigenvalue weighted by molar-refractivity contribution is 5.31. The molecule has 1 heterocycles. The summed E-state index contributed by atoms with van der Waals surface area (Å²) < 4.78 is 45.3. The Balaban J connectivity index is 2.26. The summed E-state index contributed by atoms with van der Waals surface area (Å²) in [5, 5.41) is 4.02. The summed E-state index contributed by atoms with van der Waals surface area (Å²) in [5.74, 6) is 0.121. The Hall–Kier alpha value is -2.02. The van der Waals surface area contributed by atoms with Gasteiger partial charge >= 0.3 is 6.18 Å². The average Bonchev–Trinajstić information content (AvgIpc) is 2.81. The quantitative estimate of drug-likeness (QED) is 0.944. The monoisotopic (exact) mass is 299 g/mol. The van der Waals surface area contributed by atoms with E-state index in [4.69, 9.17) is 10.5 Å². The van der Waals surface area contributed by atoms with Crippen molar-refractivity contribution in [3.05, 3.63) is 47.8 Å². The lowest BCUT2D eigenvalue weighted by atomic mass is 10.1. The van der Waals surface area contributed by atoms with Crippen molar-refractivity contribution in [3.8, 4) is 5.75 Å². The van der Waals surface area contributed by atoms with Crippen LogP contribution in [0.3, 0.4) is 0 Å². The Morgan fingerprint density at radius 2 is 2.05 bits per heavy atom. The van der Waals surface area contributed by atoms with E-state index >= 15 is 0 Å². The van der Waals surface area contributed by atoms with Gasteiger partial charge in [-0.15, -0.1) is 0 Å². The number of rotatable bonds is 4. The molecule has 0 aliphatic heterocycles. The van der Waals surface area contributed by atoms with Crippen LogP contribution in [0, 0.1) is 0 Å². The maximum atomic E-state index is 12.7. The highest BCUT2D eigenvalue weighted by Crippen LogP contribution is 2.32. The molecule has 4 nitrogen and oxygen atoms in total. The van der Waals surface area contributed by atoms with E-state index in [1.807, 2.05) is 0 Å². The Bertz CT molecular complexity index is 608. The molecule has 21 heavy (non-hydrogen) atoms. The molecule has 2 unspecified atom stereocenters. The van der Waals surface area contributed by atoms with Crippen molar-refractivity contribution in [3.63, 3.8) is 0 Å². The van der Waals surface area contributed by atoms with Crippen LogP contribution in [0.2, 0.25) is 0 Å². The second kappa shape index (κ2) is 5.77. The molecule has 0 aliphatic rings. The molecule has 0 spiro atoms. The number of aryl methyl sites for hydroxylation is 1. The van der Waals surface area contributed by atoms with Crippen LogP contribution in [-0.2, 0) is 13.2 Å². The molecule has 0 saturated heterocycles. The van der Waals surface area contributed by atoms with E-state index in [-0.39, 0.29) is 5.75 Å². The van der Waals surface area contributed by atoms with Crippen LogP contribution < -0.4 is 10.5 Å². The van der Waals surface area contributed by atoms with E-state index in [9.17, 15) is 13.2 Å². The van der Waals surface area contributed by atoms with Crippen LogP contribution in [0.25, 0.3) is 0 Å². The minimum absolute atomic E-state index is 0.121. The zero-order chi connectivity index (χ0) is 15.6. The van der Waals surface area contributed by atoms with E-state index in [0.29, 0.717) is 5.56 Å². The first-order valence-corrected chi connectivity index (χ1v) is 6.35. The number of hydrogen-bond acceptors (Lipinski definition) is 3. The van der Waals surface area contributed by atoms with Gasteiger partial charge in [-0.05, 0) is 25.1 Å². The standard InChI is InChI=1S/C14H16F3N3O/c1-9(18)13(10-7-19-20(2)8-10)21-12-5-3-4-11(6-12)14(15,16)17/h3-9,13H,18H2,1-2H3. The molecule has 0 saturated carbocycles. The van der Waals surface area contributed by atoms with E-state index in [2.05, 4.69) is 5.10 Å². The van der Waals surface area contributed by atoms with E-state index in [1.165, 1.54) is 12.1 Å². The molecule has 0 radical (unpaired) electrons. The van der Waals surface area contributed by atoms with Gasteiger partial charge in [0.25, 0.3) is 0 Å². The molecule has 2 N–H and O–H groups in total. The Morgan fingerprint density at radius 1 is 1.33 bits per heavy atom. The fraction of sp³-hybridized carbons (Fsp3) is 0.357. The van der Waals surface area contributed by atoms with Gasteiger partial charge in [0, 0.05) is 24.8 Å². The van der Waals surface area contributed by atoms with Gasteiger partial charge in [0.05, 0.1) is 11.8 Å². The van der Waals surface area contributed by atoms with E-state index < -0.39 is 23.9 Å². The van der Waals surface area contributed by atoms with Crippen molar-refractivity contribution in [2.24, 2.45) is 12.8 Å². The molecular formula is C14H16F3N3O. The number of hydrogen-bond donors (Lipinski definition) is 1. The van der Waals surface area contributed by atoms with Gasteiger partial charge in [0.2, 0.25) is 0 Å². The second-order valence-electron chi connectivity index (χ2n) is 4.87. The highest BCUT2D eigenvalue weighted by Gasteiger charge is 2.31. The van der Waals surface area contributed by atoms with Crippen molar-refractivity contribution in [2.45, 2.75) is 25.2 Å². The van der Waals surface area contributed by atoms with Crippen molar-refractivity contribution >= 4 is 0 Å². The summed E-state index contributed by atoms with van der Waals surface area (Å²) in [7, 11) is 1.74. The van der Waals surface area contributed by atoms with Crippen molar-refractivity contribution in [2.75, 3.05) is 0 Å². The fourth-order valence-corrected chi connectivity index (χ4v) is 1.96. The van der Waals surface area contributed by atoms with Gasteiger partial charge in [-0.2, -0.15) is 18.3 Å². The lowest BCUT2D eigenvalue weighted by molar-refractivity contribution is -0.137. The SMILES string of the molecule is CC(N)C(Oc1cccc(C(F)(F)F)c1)c1cnn(C)c1. The third kappa shape index (κ3) is 3.75. The largest absolute Gasteiger partial charge is 0.484 e. The van der Waals surface area contributed by atoms with Gasteiger partial charge in [-0.25, -0.2) is 0 Å². The number of benzene rings is 1. The fourth-order valence-electron chi connectivity index (χ4n) is 1.96. The maximum absolute atomic E-state index is 12.7. The van der Waals surface area contributed by atoms with E-state index in [1.54, 1.807) is 31.0 Å². The second-order valence-corrected chi connectivity index (χ2v) is 4.87. The van der Waals surface area contributed by atoms with Gasteiger partial charge in [-0.1, -0.05) is 6.07 Å². The predicted molar refractivity (Wildman–Crippen MR) is 71.7 cm³/mol. The summed E-state index contributed by atoms with van der Waals surface area (Å²) in [6.07, 6.45) is -1.66. The summed E-state index contributed by atoms with van der Waals surface area (Å²) in [5.41, 5.74) is 5.82. The minimum Gasteiger partial charge on any atom is -0.484 e. The highest BCUT2D eigenvalue weighted by atomic mass is 19.4. The summed E-state index contributed by atoms with van der Waals surface area (Å²) in [4.78, 5) is 0. The van der Waals surface area contributed by atoms with Gasteiger partial charge in [0.1, 0.15) is 11.9 Å². The van der Waals surface area contributed by atoms with Crippen LogP contribution in [0.15, 0.2) is 36.7 Å². The zero-order valence-electron chi connectivity index (χ0n) is 11.6. The van der Waals surface area contributed by atoms with Crippen LogP contribution in [0.1, 0.15) is 24.2 Å². The molecule has 7 heteroatoms. The molecule has 0 amide bonds. The Morgan fingerprint density at radius 3 is 2.57 bits per heavy atom. The van der Waals surface area contributed by atoms with Crippen LogP contribution in [-0.4, -0.2) is 15.8 Å². The van der Waals surface area contributed by atoms with Crippen molar-refractivity contribution in [1.29, 1.82) is 0 Å². The molecule has 0 bridgehead atoms. The molecule has 1 aromatic carbocycles. The Kier molecular flexibility index (Phi) is 4.22. The number of halogens is 3. The topological polar surface area (TPSA) is 53.1 Å². The molecule has 0 aliphatic carbocycles. The average molecular weight is 299 g/mol. The summed E-state index contributed by atoms with van der Waals surface area (Å²) in [6.45, 7) is 1.73. The number of ether oxygens (including phenoxy) is 1. The predicted octanol–water partition coefficient (Wildman–Crippen LogP) is 2.91. The third-order valence-corrected chi connectivity index (χ3v) is 2.96. The van der Waals surface area contributed by atoms with Crippen LogP contribution in [0.4, 0.5) is 13.2 Å². The smallest absolute Gasteiger partial charge is 0.416 e. The third-order valence-electron chi connectivity index (χ3n) is 2.96. The number of nitrogens with zero attached hydrogens (tertiary/aromatic N) is 2. The van der Waals surface area contributed by atoms with Gasteiger partial charge in [0.15, 0.2) is 0 Å². The molecule has 1 aromatic heterocycles. The first-order valence-electron chi connectivity index (χ1n) is 6.35. The molecule has 2 atom stereocenters. The lowest BCUT2D eigenvalue weighted by Crippen LogP contribution is -2.28. The first kappa shape index (κ1) is 15.4. The number of aromatic nitrogens is 2. The minimum atomic E-state index is -4.41. The maximum Gasteiger partial charge on any atom is 0.416 e. The van der Waals surface area contributed by atoms with Crippen LogP contribution >= 0.6 is 0 Å². The molecular weight excluding hydrogens is 283 g/mol. The normalized spacial score (nSPS) is 14.8. The lowest BCUT2D eigenvalue weighted by Gasteiger charge is -2.22. The van der Waals surface area contributed by atoms with Crippen LogP contribution in [0.5, 0.6) is 5.75 Å². The summed E-state index contributed by atoms with van der Waals surface area (Å²) in [6, 6.07) is 4.34. The van der Waals surface area contributed by atoms with Crippen molar-refractivity contribution < 1.29 is 17.9 Å². The molecule has 0 fully saturated rings. The van der Waals surface area contributed by atoms with Gasteiger partial charge < -0.3 is 10.5 Å². The number of alkyl halides is 3. The van der Waals surface area contributed by atoms with Gasteiger partial charge in [-0.3, -0.25) is 4.68 Å². The summed E-state index contributed by atoms with van der Waals surface area (Å²) >= 11 is 0. The van der Waals surface area contributed by atoms with E-state index in [0.717, 1.165) is 12.1 Å². The Labute approximate surface area is 120 Å². The molecule has 2 aromatic rings. The zero-order valence-corrected chi connectivity index (χ0v) is 11.6. The molecule has 2 rings (SSSR count). The first-order chi connectivity index (χ1) is 9.77. The molecule has 114 valence electrons.